The molecule has 0 atom stereocenters. The molecular formula is C19H11ClF4N4O. The highest BCUT2D eigenvalue weighted by Gasteiger charge is 2.30. The third-order valence-corrected chi connectivity index (χ3v) is 4.21. The van der Waals surface area contributed by atoms with Crippen LogP contribution in [0.15, 0.2) is 54.7 Å². The monoisotopic (exact) mass is 422 g/mol. The first kappa shape index (κ1) is 19.0. The van der Waals surface area contributed by atoms with Crippen molar-refractivity contribution >= 4 is 34.3 Å². The maximum atomic E-state index is 13.6. The molecule has 5 nitrogen and oxygen atoms in total. The summed E-state index contributed by atoms with van der Waals surface area (Å²) in [4.78, 5) is 11.2. The van der Waals surface area contributed by atoms with E-state index < -0.39 is 17.6 Å². The Hall–Kier alpha value is -3.33. The van der Waals surface area contributed by atoms with Crippen LogP contribution in [0.25, 0.3) is 11.0 Å². The van der Waals surface area contributed by atoms with E-state index in [-0.39, 0.29) is 22.6 Å². The lowest BCUT2D eigenvalue weighted by molar-refractivity contribution is -0.137. The first-order valence-corrected chi connectivity index (χ1v) is 8.59. The van der Waals surface area contributed by atoms with E-state index in [1.165, 1.54) is 30.5 Å². The molecule has 0 amide bonds. The fourth-order valence-electron chi connectivity index (χ4n) is 2.61. The van der Waals surface area contributed by atoms with E-state index in [1.807, 2.05) is 0 Å². The maximum Gasteiger partial charge on any atom is 0.416 e. The standard InChI is InChI=1S/C19H11ClF4N4O/c20-12-8-15-16(9-13(12)21)28-18(27-15)26-14-5-2-6-25-17(14)29-11-4-1-3-10(7-11)19(22,23)24/h1-9H,(H2,26,27,28). The van der Waals surface area contributed by atoms with E-state index in [9.17, 15) is 17.6 Å². The highest BCUT2D eigenvalue weighted by molar-refractivity contribution is 6.31. The molecule has 0 saturated heterocycles. The molecule has 2 aromatic carbocycles. The molecule has 0 fully saturated rings. The summed E-state index contributed by atoms with van der Waals surface area (Å²) in [6.07, 6.45) is -3.06. The molecule has 4 rings (SSSR count). The number of rotatable bonds is 4. The molecule has 29 heavy (non-hydrogen) atoms. The zero-order valence-corrected chi connectivity index (χ0v) is 15.1. The highest BCUT2D eigenvalue weighted by atomic mass is 35.5. The first-order chi connectivity index (χ1) is 13.8. The number of pyridine rings is 1. The number of halogens is 5. The van der Waals surface area contributed by atoms with Gasteiger partial charge in [-0.15, -0.1) is 0 Å². The van der Waals surface area contributed by atoms with E-state index >= 15 is 0 Å². The van der Waals surface area contributed by atoms with Crippen molar-refractivity contribution in [2.75, 3.05) is 5.32 Å². The van der Waals surface area contributed by atoms with E-state index in [0.717, 1.165) is 12.1 Å². The second-order valence-electron chi connectivity index (χ2n) is 5.98. The second kappa shape index (κ2) is 7.25. The van der Waals surface area contributed by atoms with E-state index in [4.69, 9.17) is 16.3 Å². The summed E-state index contributed by atoms with van der Waals surface area (Å²) in [6, 6.07) is 10.3. The van der Waals surface area contributed by atoms with Gasteiger partial charge in [-0.2, -0.15) is 13.2 Å². The van der Waals surface area contributed by atoms with Crippen LogP contribution in [0, 0.1) is 5.82 Å². The Bertz CT molecular complexity index is 1150. The van der Waals surface area contributed by atoms with Crippen LogP contribution in [0.2, 0.25) is 5.02 Å². The lowest BCUT2D eigenvalue weighted by Gasteiger charge is -2.12. The molecule has 0 radical (unpaired) electrons. The molecule has 0 spiro atoms. The van der Waals surface area contributed by atoms with Crippen molar-refractivity contribution in [3.8, 4) is 11.6 Å². The van der Waals surface area contributed by atoms with Gasteiger partial charge < -0.3 is 15.0 Å². The largest absolute Gasteiger partial charge is 0.437 e. The number of nitrogens with zero attached hydrogens (tertiary/aromatic N) is 2. The Morgan fingerprint density at radius 1 is 1.07 bits per heavy atom. The third-order valence-electron chi connectivity index (χ3n) is 3.92. The minimum Gasteiger partial charge on any atom is -0.437 e. The second-order valence-corrected chi connectivity index (χ2v) is 6.38. The normalized spacial score (nSPS) is 11.6. The molecule has 2 N–H and O–H groups in total. The molecular weight excluding hydrogens is 412 g/mol. The SMILES string of the molecule is Fc1cc2[nH]c(Nc3cccnc3Oc3cccc(C(F)(F)F)c3)nc2cc1Cl. The molecule has 0 aliphatic rings. The fraction of sp³-hybridized carbons (Fsp3) is 0.0526. The van der Waals surface area contributed by atoms with Gasteiger partial charge in [0.15, 0.2) is 0 Å². The number of aromatic amines is 1. The molecule has 0 aliphatic carbocycles. The zero-order chi connectivity index (χ0) is 20.6. The van der Waals surface area contributed by atoms with Gasteiger partial charge >= 0.3 is 6.18 Å². The summed E-state index contributed by atoms with van der Waals surface area (Å²) in [5.41, 5.74) is 0.356. The van der Waals surface area contributed by atoms with Crippen molar-refractivity contribution in [3.05, 3.63) is 71.1 Å². The smallest absolute Gasteiger partial charge is 0.416 e. The predicted octanol–water partition coefficient (Wildman–Crippen LogP) is 6.31. The van der Waals surface area contributed by atoms with Crippen LogP contribution in [0.3, 0.4) is 0 Å². The highest BCUT2D eigenvalue weighted by Crippen LogP contribution is 2.34. The number of ether oxygens (including phenoxy) is 1. The van der Waals surface area contributed by atoms with E-state index in [2.05, 4.69) is 20.3 Å². The van der Waals surface area contributed by atoms with Gasteiger partial charge in [-0.1, -0.05) is 17.7 Å². The number of anilines is 2. The molecule has 0 saturated carbocycles. The molecule has 2 aromatic heterocycles. The Balaban J connectivity index is 1.62. The molecule has 0 unspecified atom stereocenters. The summed E-state index contributed by atoms with van der Waals surface area (Å²) < 4.78 is 57.8. The topological polar surface area (TPSA) is 62.8 Å². The van der Waals surface area contributed by atoms with E-state index in [0.29, 0.717) is 16.7 Å². The molecule has 4 aromatic rings. The average Bonchev–Trinajstić information content (AvgIpc) is 3.04. The summed E-state index contributed by atoms with van der Waals surface area (Å²) in [5.74, 6) is -0.329. The Morgan fingerprint density at radius 2 is 1.90 bits per heavy atom. The minimum absolute atomic E-state index is 0.0277. The van der Waals surface area contributed by atoms with Crippen LogP contribution < -0.4 is 10.1 Å². The van der Waals surface area contributed by atoms with Crippen molar-refractivity contribution in [1.29, 1.82) is 0 Å². The van der Waals surface area contributed by atoms with Gasteiger partial charge in [0.05, 0.1) is 21.6 Å². The lowest BCUT2D eigenvalue weighted by atomic mass is 10.2. The fourth-order valence-corrected chi connectivity index (χ4v) is 2.76. The number of aromatic nitrogens is 3. The van der Waals surface area contributed by atoms with Crippen molar-refractivity contribution in [2.24, 2.45) is 0 Å². The summed E-state index contributed by atoms with van der Waals surface area (Å²) in [6.45, 7) is 0. The Kier molecular flexibility index (Phi) is 4.75. The van der Waals surface area contributed by atoms with Crippen LogP contribution in [-0.2, 0) is 6.18 Å². The van der Waals surface area contributed by atoms with Crippen LogP contribution in [-0.4, -0.2) is 15.0 Å². The number of benzene rings is 2. The van der Waals surface area contributed by atoms with Gasteiger partial charge in [-0.3, -0.25) is 0 Å². The number of alkyl halides is 3. The van der Waals surface area contributed by atoms with Crippen molar-refractivity contribution < 1.29 is 22.3 Å². The van der Waals surface area contributed by atoms with Crippen LogP contribution in [0.4, 0.5) is 29.2 Å². The van der Waals surface area contributed by atoms with Crippen LogP contribution in [0.5, 0.6) is 11.6 Å². The van der Waals surface area contributed by atoms with Crippen LogP contribution in [0.1, 0.15) is 5.56 Å². The Morgan fingerprint density at radius 3 is 2.69 bits per heavy atom. The molecule has 148 valence electrons. The number of nitrogens with one attached hydrogen (secondary N) is 2. The lowest BCUT2D eigenvalue weighted by Crippen LogP contribution is -2.04. The average molecular weight is 423 g/mol. The zero-order valence-electron chi connectivity index (χ0n) is 14.4. The number of hydrogen-bond donors (Lipinski definition) is 2. The summed E-state index contributed by atoms with van der Waals surface area (Å²) in [5, 5.41) is 2.86. The number of fused-ring (bicyclic) bond motifs is 1. The van der Waals surface area contributed by atoms with Gasteiger partial charge in [0.2, 0.25) is 11.8 Å². The first-order valence-electron chi connectivity index (χ1n) is 8.21. The quantitative estimate of drug-likeness (QED) is 0.378. The number of H-pyrrole nitrogens is 1. The van der Waals surface area contributed by atoms with Gasteiger partial charge in [-0.25, -0.2) is 14.4 Å². The molecule has 2 heterocycles. The summed E-state index contributed by atoms with van der Waals surface area (Å²) >= 11 is 5.76. The van der Waals surface area contributed by atoms with Crippen molar-refractivity contribution in [1.82, 2.24) is 15.0 Å². The van der Waals surface area contributed by atoms with Crippen molar-refractivity contribution in [3.63, 3.8) is 0 Å². The van der Waals surface area contributed by atoms with Gasteiger partial charge in [0, 0.05) is 12.3 Å². The Labute approximate surface area is 166 Å². The molecule has 0 aliphatic heterocycles. The van der Waals surface area contributed by atoms with Crippen molar-refractivity contribution in [2.45, 2.75) is 6.18 Å². The van der Waals surface area contributed by atoms with Gasteiger partial charge in [-0.05, 0) is 36.4 Å². The molecule has 0 bridgehead atoms. The number of hydrogen-bond acceptors (Lipinski definition) is 4. The number of imidazole rings is 1. The minimum atomic E-state index is -4.49. The maximum absolute atomic E-state index is 13.6. The van der Waals surface area contributed by atoms with Crippen LogP contribution >= 0.6 is 11.6 Å². The van der Waals surface area contributed by atoms with E-state index in [1.54, 1.807) is 12.1 Å². The third kappa shape index (κ3) is 4.09. The predicted molar refractivity (Wildman–Crippen MR) is 100 cm³/mol. The summed E-state index contributed by atoms with van der Waals surface area (Å²) in [7, 11) is 0. The van der Waals surface area contributed by atoms with Gasteiger partial charge in [0.25, 0.3) is 0 Å². The molecule has 10 heteroatoms. The van der Waals surface area contributed by atoms with Gasteiger partial charge in [0.1, 0.15) is 17.3 Å².